The molecule has 1 heterocycles. The first-order valence-corrected chi connectivity index (χ1v) is 28.3. The molecule has 2 aliphatic rings. The molecule has 0 saturated carbocycles. The first-order chi connectivity index (χ1) is 31.3. The SMILES string of the molecule is CCC(C)NS(=O)(=O)c1c(C)cc(C)c(/N=c2\cc3oc4cc(Nc5c(C)cc(C)c(S(=O)(=O)NC(C)CC)c5C)c(S(=O)(=O)O)cc4c(-c4ccccc4S(=O)(=O)O)c-3cc2S(=O)(=O)O)c1C. The molecule has 366 valence electrons. The molecule has 68 heavy (non-hydrogen) atoms. The van der Waals surface area contributed by atoms with E-state index < -0.39 is 82.5 Å². The van der Waals surface area contributed by atoms with Gasteiger partial charge in [-0.15, -0.1) is 0 Å². The first-order valence-electron chi connectivity index (χ1n) is 21.0. The average Bonchev–Trinajstić information content (AvgIpc) is 3.20. The van der Waals surface area contributed by atoms with Crippen LogP contribution in [0, 0.1) is 41.5 Å². The number of rotatable bonds is 15. The van der Waals surface area contributed by atoms with E-state index in [2.05, 4.69) is 19.8 Å². The second-order valence-corrected chi connectivity index (χ2v) is 24.3. The van der Waals surface area contributed by atoms with Crippen molar-refractivity contribution in [2.75, 3.05) is 5.32 Å². The van der Waals surface area contributed by atoms with E-state index in [0.717, 1.165) is 30.3 Å². The van der Waals surface area contributed by atoms with E-state index in [0.29, 0.717) is 35.1 Å². The van der Waals surface area contributed by atoms with Crippen LogP contribution in [0.2, 0.25) is 0 Å². The van der Waals surface area contributed by atoms with Crippen molar-refractivity contribution in [3.63, 3.8) is 0 Å². The van der Waals surface area contributed by atoms with E-state index in [1.807, 2.05) is 0 Å². The summed E-state index contributed by atoms with van der Waals surface area (Å²) in [7, 11) is -23.8. The molecule has 0 fully saturated rings. The van der Waals surface area contributed by atoms with Crippen LogP contribution >= 0.6 is 0 Å². The standard InChI is InChI=1S/C45H52N4O14S5/c1-11-27(7)48-64(50,51)44-25(5)17-23(3)42(29(44)9)46-34-21-36-32(19-39(34)67(57,58)59)41(31-15-13-14-16-38(31)66(54,55)56)33-20-40(68(60,61)62)35(22-37(33)63-36)47-43-24(4)18-26(6)45(30(43)10)65(52,53)49-28(8)12-2/h13-22,27-28,46,48-49H,11-12H2,1-10H3,(H,54,55,56)(H,57,58,59)(H,60,61,62)/b47-35+. The molecule has 4 aromatic rings. The number of benzene rings is 5. The zero-order valence-electron chi connectivity index (χ0n) is 38.7. The Labute approximate surface area is 396 Å². The van der Waals surface area contributed by atoms with Crippen molar-refractivity contribution in [3.8, 4) is 22.5 Å². The predicted molar refractivity (Wildman–Crippen MR) is 258 cm³/mol. The van der Waals surface area contributed by atoms with Crippen molar-refractivity contribution >= 4 is 78.4 Å². The summed E-state index contributed by atoms with van der Waals surface area (Å²) in [5.74, 6) is -0.241. The molecule has 0 spiro atoms. The second kappa shape index (κ2) is 18.7. The Bertz CT molecular complexity index is 3680. The minimum absolute atomic E-state index is 0.0240. The highest BCUT2D eigenvalue weighted by atomic mass is 32.2. The molecular formula is C45H52N4O14S5. The van der Waals surface area contributed by atoms with Gasteiger partial charge in [0.15, 0.2) is 0 Å². The Morgan fingerprint density at radius 1 is 0.588 bits per heavy atom. The van der Waals surface area contributed by atoms with Crippen LogP contribution in [0.25, 0.3) is 33.4 Å². The molecule has 0 saturated heterocycles. The molecule has 1 aliphatic heterocycles. The van der Waals surface area contributed by atoms with Crippen molar-refractivity contribution in [2.45, 2.75) is 119 Å². The number of hydrogen-bond acceptors (Lipinski definition) is 13. The van der Waals surface area contributed by atoms with Crippen molar-refractivity contribution < 1.29 is 60.2 Å². The number of sulfonamides is 2. The Morgan fingerprint density at radius 3 is 1.63 bits per heavy atom. The molecule has 1 aliphatic carbocycles. The highest BCUT2D eigenvalue weighted by molar-refractivity contribution is 7.90. The first kappa shape index (κ1) is 52.3. The monoisotopic (exact) mass is 1030 g/mol. The highest BCUT2D eigenvalue weighted by Gasteiger charge is 2.31. The normalized spacial score (nSPS) is 14.2. The predicted octanol–water partition coefficient (Wildman–Crippen LogP) is 7.92. The Morgan fingerprint density at radius 2 is 1.10 bits per heavy atom. The van der Waals surface area contributed by atoms with Crippen molar-refractivity contribution in [1.29, 1.82) is 0 Å². The average molecular weight is 1030 g/mol. The van der Waals surface area contributed by atoms with Gasteiger partial charge >= 0.3 is 0 Å². The number of hydrogen-bond donors (Lipinski definition) is 6. The zero-order chi connectivity index (χ0) is 50.8. The van der Waals surface area contributed by atoms with Crippen LogP contribution in [-0.2, 0) is 50.4 Å². The molecule has 6 rings (SSSR count). The maximum absolute atomic E-state index is 13.7. The van der Waals surface area contributed by atoms with Gasteiger partial charge in [-0.3, -0.25) is 13.7 Å². The number of nitrogens with zero attached hydrogens (tertiary/aromatic N) is 1. The summed E-state index contributed by atoms with van der Waals surface area (Å²) in [5, 5.41) is 2.27. The van der Waals surface area contributed by atoms with E-state index in [1.165, 1.54) is 32.0 Å². The van der Waals surface area contributed by atoms with Gasteiger partial charge in [-0.1, -0.05) is 44.2 Å². The number of nitrogens with one attached hydrogen (secondary N) is 3. The molecule has 0 amide bonds. The maximum Gasteiger partial charge on any atom is 0.296 e. The molecule has 6 N–H and O–H groups in total. The lowest BCUT2D eigenvalue weighted by atomic mass is 9.93. The van der Waals surface area contributed by atoms with E-state index in [-0.39, 0.29) is 71.4 Å². The van der Waals surface area contributed by atoms with Gasteiger partial charge in [0.25, 0.3) is 30.4 Å². The lowest BCUT2D eigenvalue weighted by molar-refractivity contribution is 0.480. The topological polar surface area (TPSA) is 293 Å². The molecule has 0 radical (unpaired) electrons. The molecule has 0 bridgehead atoms. The summed E-state index contributed by atoms with van der Waals surface area (Å²) in [4.78, 5) is 2.03. The van der Waals surface area contributed by atoms with Crippen molar-refractivity contribution in [1.82, 2.24) is 9.44 Å². The number of aryl methyl sites for hydroxylation is 4. The van der Waals surface area contributed by atoms with Crippen LogP contribution in [0.5, 0.6) is 0 Å². The minimum atomic E-state index is -5.26. The minimum Gasteiger partial charge on any atom is -0.456 e. The van der Waals surface area contributed by atoms with Crippen LogP contribution in [0.3, 0.4) is 0 Å². The van der Waals surface area contributed by atoms with E-state index >= 15 is 0 Å². The smallest absolute Gasteiger partial charge is 0.296 e. The maximum atomic E-state index is 13.7. The third kappa shape index (κ3) is 10.3. The van der Waals surface area contributed by atoms with Gasteiger partial charge in [-0.05, 0) is 120 Å². The van der Waals surface area contributed by atoms with Gasteiger partial charge in [-0.2, -0.15) is 25.3 Å². The fourth-order valence-corrected chi connectivity index (χ4v) is 13.9. The lowest BCUT2D eigenvalue weighted by Gasteiger charge is -2.22. The third-order valence-corrected chi connectivity index (χ3v) is 18.1. The van der Waals surface area contributed by atoms with Gasteiger partial charge < -0.3 is 9.73 Å². The van der Waals surface area contributed by atoms with Gasteiger partial charge in [0.1, 0.15) is 26.0 Å². The summed E-state index contributed by atoms with van der Waals surface area (Å²) in [6.07, 6.45) is 0.961. The largest absolute Gasteiger partial charge is 0.456 e. The van der Waals surface area contributed by atoms with E-state index in [4.69, 9.17) is 4.42 Å². The molecule has 2 unspecified atom stereocenters. The Kier molecular flexibility index (Phi) is 14.4. The van der Waals surface area contributed by atoms with Crippen molar-refractivity contribution in [3.05, 3.63) is 99.4 Å². The van der Waals surface area contributed by atoms with Crippen molar-refractivity contribution in [2.24, 2.45) is 4.99 Å². The third-order valence-electron chi connectivity index (χ3n) is 11.6. The van der Waals surface area contributed by atoms with Crippen LogP contribution in [0.1, 0.15) is 73.9 Å². The molecule has 0 aromatic heterocycles. The summed E-state index contributed by atoms with van der Waals surface area (Å²) < 4.78 is 178. The Hall–Kier alpha value is -5.08. The van der Waals surface area contributed by atoms with Gasteiger partial charge in [0.05, 0.1) is 26.5 Å². The molecule has 18 nitrogen and oxygen atoms in total. The fraction of sp³-hybridized carbons (Fsp3) is 0.311. The van der Waals surface area contributed by atoms with Crippen LogP contribution in [0.4, 0.5) is 17.1 Å². The summed E-state index contributed by atoms with van der Waals surface area (Å²) >= 11 is 0. The summed E-state index contributed by atoms with van der Waals surface area (Å²) in [6, 6.07) is 11.3. The molecule has 23 heteroatoms. The van der Waals surface area contributed by atoms with Crippen LogP contribution < -0.4 is 20.1 Å². The van der Waals surface area contributed by atoms with Gasteiger partial charge in [-0.25, -0.2) is 31.3 Å². The van der Waals surface area contributed by atoms with Crippen LogP contribution in [0.15, 0.2) is 94.6 Å². The Balaban J connectivity index is 1.78. The summed E-state index contributed by atoms with van der Waals surface area (Å²) in [6.45, 7) is 16.4. The quantitative estimate of drug-likeness (QED) is 0.0420. The molecule has 4 aromatic carbocycles. The lowest BCUT2D eigenvalue weighted by Crippen LogP contribution is -2.33. The molecular weight excluding hydrogens is 981 g/mol. The van der Waals surface area contributed by atoms with Gasteiger partial charge in [0.2, 0.25) is 20.0 Å². The summed E-state index contributed by atoms with van der Waals surface area (Å²) in [5.41, 5.74) is 0.791. The van der Waals surface area contributed by atoms with Crippen LogP contribution in [-0.4, -0.2) is 67.8 Å². The molecule has 2 atom stereocenters. The number of anilines is 2. The number of fused-ring (bicyclic) bond motifs is 2. The highest BCUT2D eigenvalue weighted by Crippen LogP contribution is 2.46. The van der Waals surface area contributed by atoms with E-state index in [9.17, 15) is 55.7 Å². The zero-order valence-corrected chi connectivity index (χ0v) is 42.7. The fourth-order valence-electron chi connectivity index (χ4n) is 8.31. The van der Waals surface area contributed by atoms with Gasteiger partial charge in [0, 0.05) is 52.0 Å². The second-order valence-electron chi connectivity index (χ2n) is 16.8. The van der Waals surface area contributed by atoms with E-state index in [1.54, 1.807) is 67.5 Å².